The van der Waals surface area contributed by atoms with E-state index in [1.807, 2.05) is 18.2 Å². The number of benzene rings is 8. The maximum absolute atomic E-state index is 6.97. The predicted octanol–water partition coefficient (Wildman–Crippen LogP) is 10.9. The Morgan fingerprint density at radius 2 is 0.797 bits per heavy atom. The highest BCUT2D eigenvalue weighted by atomic mass is 16.7. The van der Waals surface area contributed by atoms with Gasteiger partial charge in [0.2, 0.25) is 0 Å². The first kappa shape index (κ1) is 38.2. The molecule has 0 amide bonds. The lowest BCUT2D eigenvalue weighted by Gasteiger charge is -2.32. The second-order valence-electron chi connectivity index (χ2n) is 16.4. The molecule has 4 heterocycles. The molecule has 11 aromatic rings. The fourth-order valence-electron chi connectivity index (χ4n) is 9.82. The Balaban J connectivity index is 0.996. The van der Waals surface area contributed by atoms with Crippen LogP contribution < -0.4 is 16.4 Å². The topological polar surface area (TPSA) is 42.5 Å². The Bertz CT molecular complexity index is 3360. The molecule has 1 saturated heterocycles. The molecule has 0 spiro atoms. The summed E-state index contributed by atoms with van der Waals surface area (Å²) in [6.45, 7) is 6.13. The minimum Gasteiger partial charge on any atom is -0.445 e. The Labute approximate surface area is 372 Å². The summed E-state index contributed by atoms with van der Waals surface area (Å²) in [5, 5.41) is 5.92. The van der Waals surface area contributed by atoms with Crippen molar-refractivity contribution >= 4 is 98.3 Å². The summed E-state index contributed by atoms with van der Waals surface area (Å²) in [6.07, 6.45) is 5.94. The number of hydrogen-bond acceptors (Lipinski definition) is 3. The van der Waals surface area contributed by atoms with Gasteiger partial charge in [-0.1, -0.05) is 152 Å². The van der Waals surface area contributed by atoms with Crippen LogP contribution in [-0.4, -0.2) is 35.1 Å². The largest absolute Gasteiger partial charge is 0.467 e. The van der Waals surface area contributed by atoms with Crippen LogP contribution in [0, 0.1) is 6.92 Å². The molecule has 3 aromatic heterocycles. The molecule has 0 radical (unpaired) electrons. The summed E-state index contributed by atoms with van der Waals surface area (Å²) in [7, 11) is -2.29. The molecule has 8 aromatic carbocycles. The van der Waals surface area contributed by atoms with Gasteiger partial charge in [-0.15, -0.1) is 0 Å². The average molecular weight is 823 g/mol. The molecule has 1 fully saturated rings. The molecule has 12 rings (SSSR count). The van der Waals surface area contributed by atoms with E-state index in [1.165, 1.54) is 21.5 Å². The number of rotatable bonds is 8. The van der Waals surface area contributed by atoms with Crippen molar-refractivity contribution in [2.45, 2.75) is 6.92 Å². The molecular weight excluding hydrogens is 783 g/mol. The third-order valence-electron chi connectivity index (χ3n) is 12.7. The third kappa shape index (κ3) is 6.28. The van der Waals surface area contributed by atoms with Gasteiger partial charge in [0.1, 0.15) is 0 Å². The van der Waals surface area contributed by atoms with Crippen LogP contribution in [0.2, 0.25) is 0 Å². The minimum atomic E-state index is -0.765. The van der Waals surface area contributed by atoms with Crippen molar-refractivity contribution in [1.29, 1.82) is 0 Å². The fraction of sp³-hybridized carbons (Fsp3) is 0.0182. The standard InChI is InChI=1S/C55H40B3N3O3/c1-3-4-24-45-38(2)59(42-20-6-5-7-21-42)55-34-33-41(37-50(45)55)58-63-56(39-18-16-22-43(35-39)60-51-29-12-8-25-46(51)47-26-9-13-30-52(47)60)62-57(64-58)40-19-17-23-44(36-40)61-53-31-14-10-27-48(53)49-28-11-15-32-54(49)61/h3-37H,1H2,2H3/b24-4-. The van der Waals surface area contributed by atoms with Gasteiger partial charge in [0, 0.05) is 55.3 Å². The number of para-hydroxylation sites is 5. The normalized spacial score (nSPS) is 13.4. The lowest BCUT2D eigenvalue weighted by atomic mass is 9.61. The maximum Gasteiger partial charge on any atom is 0.467 e. The van der Waals surface area contributed by atoms with Crippen LogP contribution in [0.3, 0.4) is 0 Å². The first-order valence-corrected chi connectivity index (χ1v) is 21.8. The number of allylic oxidation sites excluding steroid dienone is 2. The molecule has 302 valence electrons. The van der Waals surface area contributed by atoms with Gasteiger partial charge in [0.15, 0.2) is 0 Å². The van der Waals surface area contributed by atoms with Gasteiger partial charge in [0.05, 0.1) is 27.6 Å². The lowest BCUT2D eigenvalue weighted by Crippen LogP contribution is -2.61. The van der Waals surface area contributed by atoms with E-state index in [0.29, 0.717) is 0 Å². The van der Waals surface area contributed by atoms with Crippen LogP contribution in [0.15, 0.2) is 213 Å². The minimum absolute atomic E-state index is 0.764. The molecule has 0 aliphatic carbocycles. The van der Waals surface area contributed by atoms with Crippen LogP contribution in [0.25, 0.3) is 77.7 Å². The molecule has 0 unspecified atom stereocenters. The summed E-state index contributed by atoms with van der Waals surface area (Å²) in [5.41, 5.74) is 13.7. The molecule has 9 heteroatoms. The van der Waals surface area contributed by atoms with E-state index in [0.717, 1.165) is 77.7 Å². The van der Waals surface area contributed by atoms with Gasteiger partial charge < -0.3 is 27.4 Å². The van der Waals surface area contributed by atoms with Crippen molar-refractivity contribution < 1.29 is 13.7 Å². The lowest BCUT2D eigenvalue weighted by molar-refractivity contribution is 0.308. The number of nitrogens with zero attached hydrogens (tertiary/aromatic N) is 3. The molecule has 1 aliphatic rings. The SMILES string of the molecule is C=C/C=C\c1c(C)n(-c2ccccc2)c2ccc(B3OB(c4cccc(-n5c6ccccc6c6ccccc65)c4)OB(c4cccc(-n5c6ccccc6c6ccccc65)c4)O3)cc12. The monoisotopic (exact) mass is 823 g/mol. The summed E-state index contributed by atoms with van der Waals surface area (Å²) >= 11 is 0. The van der Waals surface area contributed by atoms with E-state index in [1.54, 1.807) is 0 Å². The van der Waals surface area contributed by atoms with Crippen molar-refractivity contribution in [3.63, 3.8) is 0 Å². The Kier molecular flexibility index (Phi) is 9.34. The molecule has 64 heavy (non-hydrogen) atoms. The van der Waals surface area contributed by atoms with Crippen LogP contribution in [-0.2, 0) is 13.7 Å². The van der Waals surface area contributed by atoms with Crippen molar-refractivity contribution in [1.82, 2.24) is 13.7 Å². The number of aromatic nitrogens is 3. The van der Waals surface area contributed by atoms with Crippen LogP contribution in [0.4, 0.5) is 0 Å². The zero-order valence-corrected chi connectivity index (χ0v) is 35.2. The van der Waals surface area contributed by atoms with Crippen molar-refractivity contribution in [2.24, 2.45) is 0 Å². The van der Waals surface area contributed by atoms with E-state index >= 15 is 0 Å². The number of hydrogen-bond donors (Lipinski definition) is 0. The van der Waals surface area contributed by atoms with E-state index < -0.39 is 21.4 Å². The van der Waals surface area contributed by atoms with Crippen molar-refractivity contribution in [3.8, 4) is 17.1 Å². The molecule has 6 nitrogen and oxygen atoms in total. The van der Waals surface area contributed by atoms with Crippen molar-refractivity contribution in [2.75, 3.05) is 0 Å². The van der Waals surface area contributed by atoms with E-state index in [9.17, 15) is 0 Å². The zero-order chi connectivity index (χ0) is 42.7. The number of fused-ring (bicyclic) bond motifs is 7. The van der Waals surface area contributed by atoms with Gasteiger partial charge in [-0.05, 0) is 90.0 Å². The van der Waals surface area contributed by atoms with Gasteiger partial charge in [-0.3, -0.25) is 0 Å². The third-order valence-corrected chi connectivity index (χ3v) is 12.7. The summed E-state index contributed by atoms with van der Waals surface area (Å²) < 4.78 is 27.8. The molecule has 0 saturated carbocycles. The van der Waals surface area contributed by atoms with Crippen LogP contribution in [0.1, 0.15) is 11.3 Å². The van der Waals surface area contributed by atoms with Gasteiger partial charge >= 0.3 is 21.4 Å². The van der Waals surface area contributed by atoms with Crippen molar-refractivity contribution in [3.05, 3.63) is 224 Å². The molecule has 1 aliphatic heterocycles. The Hall–Kier alpha value is -7.55. The second-order valence-corrected chi connectivity index (χ2v) is 16.4. The van der Waals surface area contributed by atoms with Gasteiger partial charge in [0.25, 0.3) is 0 Å². The van der Waals surface area contributed by atoms with E-state index in [-0.39, 0.29) is 0 Å². The van der Waals surface area contributed by atoms with Crippen LogP contribution in [0.5, 0.6) is 0 Å². The van der Waals surface area contributed by atoms with E-state index in [2.05, 4.69) is 221 Å². The second kappa shape index (κ2) is 15.7. The maximum atomic E-state index is 6.97. The smallest absolute Gasteiger partial charge is 0.445 e. The predicted molar refractivity (Wildman–Crippen MR) is 268 cm³/mol. The van der Waals surface area contributed by atoms with Crippen LogP contribution >= 0.6 is 0 Å². The Morgan fingerprint density at radius 3 is 1.27 bits per heavy atom. The highest BCUT2D eigenvalue weighted by Crippen LogP contribution is 2.34. The van der Waals surface area contributed by atoms with E-state index in [4.69, 9.17) is 13.7 Å². The first-order chi connectivity index (χ1) is 31.6. The first-order valence-electron chi connectivity index (χ1n) is 21.8. The summed E-state index contributed by atoms with van der Waals surface area (Å²) in [6, 6.07) is 68.3. The highest BCUT2D eigenvalue weighted by Gasteiger charge is 2.44. The highest BCUT2D eigenvalue weighted by molar-refractivity contribution is 6.87. The zero-order valence-electron chi connectivity index (χ0n) is 35.2. The van der Waals surface area contributed by atoms with Gasteiger partial charge in [-0.2, -0.15) is 0 Å². The van der Waals surface area contributed by atoms with Gasteiger partial charge in [-0.25, -0.2) is 0 Å². The quantitative estimate of drug-likeness (QED) is 0.113. The molecule has 0 atom stereocenters. The summed E-state index contributed by atoms with van der Waals surface area (Å²) in [4.78, 5) is 0. The summed E-state index contributed by atoms with van der Waals surface area (Å²) in [5.74, 6) is 0. The average Bonchev–Trinajstić information content (AvgIpc) is 3.98. The Morgan fingerprint density at radius 1 is 0.391 bits per heavy atom. The molecular formula is C55H40B3N3O3. The molecule has 0 bridgehead atoms. The molecule has 0 N–H and O–H groups in total. The fourth-order valence-corrected chi connectivity index (χ4v) is 9.82.